The zero-order chi connectivity index (χ0) is 14.0. The lowest BCUT2D eigenvalue weighted by Crippen LogP contribution is -2.16. The van der Waals surface area contributed by atoms with E-state index in [1.54, 1.807) is 0 Å². The fourth-order valence-corrected chi connectivity index (χ4v) is 2.65. The van der Waals surface area contributed by atoms with E-state index in [2.05, 4.69) is 34.1 Å². The summed E-state index contributed by atoms with van der Waals surface area (Å²) in [6.07, 6.45) is 1.14. The molecule has 1 saturated heterocycles. The number of likely N-dealkylation sites (N-methyl/N-ethyl adjacent to an activating group) is 1. The number of aromatic nitrogens is 2. The number of nitriles is 1. The van der Waals surface area contributed by atoms with E-state index in [-0.39, 0.29) is 11.8 Å². The lowest BCUT2D eigenvalue weighted by Gasteiger charge is -2.16. The topological polar surface area (TPSA) is 52.8 Å². The molecule has 0 spiro atoms. The van der Waals surface area contributed by atoms with Crippen LogP contribution in [-0.4, -0.2) is 35.0 Å². The van der Waals surface area contributed by atoms with Crippen LogP contribution in [0.3, 0.4) is 0 Å². The standard InChI is InChI=1S/C15H22N4/c1-10(2)13(8-16)15-17-11(3)7-14(18-15)12-5-6-19(4)9-12/h7,10,12-13H,5-6,9H2,1-4H3. The minimum absolute atomic E-state index is 0.210. The molecule has 0 N–H and O–H groups in total. The Morgan fingerprint density at radius 1 is 1.42 bits per heavy atom. The van der Waals surface area contributed by atoms with Gasteiger partial charge in [-0.2, -0.15) is 5.26 Å². The summed E-state index contributed by atoms with van der Waals surface area (Å²) in [7, 11) is 2.14. The van der Waals surface area contributed by atoms with Crippen LogP contribution in [0.15, 0.2) is 6.07 Å². The Hall–Kier alpha value is -1.47. The summed E-state index contributed by atoms with van der Waals surface area (Å²) < 4.78 is 0. The highest BCUT2D eigenvalue weighted by molar-refractivity contribution is 5.20. The van der Waals surface area contributed by atoms with Gasteiger partial charge in [0.25, 0.3) is 0 Å². The highest BCUT2D eigenvalue weighted by Gasteiger charge is 2.25. The number of likely N-dealkylation sites (tertiary alicyclic amines) is 1. The molecule has 0 saturated carbocycles. The SMILES string of the molecule is Cc1cc(C2CCN(C)C2)nc(C(C#N)C(C)C)n1. The van der Waals surface area contributed by atoms with E-state index in [4.69, 9.17) is 0 Å². The molecular weight excluding hydrogens is 236 g/mol. The second kappa shape index (κ2) is 5.66. The van der Waals surface area contributed by atoms with Crippen molar-refractivity contribution in [1.82, 2.24) is 14.9 Å². The third-order valence-electron chi connectivity index (χ3n) is 3.78. The van der Waals surface area contributed by atoms with Crippen molar-refractivity contribution in [1.29, 1.82) is 5.26 Å². The van der Waals surface area contributed by atoms with Gasteiger partial charge in [-0.1, -0.05) is 13.8 Å². The molecule has 2 unspecified atom stereocenters. The molecule has 1 fully saturated rings. The summed E-state index contributed by atoms with van der Waals surface area (Å²) in [6, 6.07) is 4.41. The van der Waals surface area contributed by atoms with Gasteiger partial charge in [0.1, 0.15) is 11.7 Å². The summed E-state index contributed by atoms with van der Waals surface area (Å²) in [5.41, 5.74) is 2.07. The maximum absolute atomic E-state index is 9.30. The van der Waals surface area contributed by atoms with E-state index >= 15 is 0 Å². The number of rotatable bonds is 3. The summed E-state index contributed by atoms with van der Waals surface area (Å²) in [5.74, 6) is 1.21. The molecule has 19 heavy (non-hydrogen) atoms. The van der Waals surface area contributed by atoms with Gasteiger partial charge in [-0.05, 0) is 38.9 Å². The van der Waals surface area contributed by atoms with Gasteiger partial charge in [0.05, 0.1) is 6.07 Å². The second-order valence-electron chi connectivity index (χ2n) is 5.89. The van der Waals surface area contributed by atoms with Gasteiger partial charge >= 0.3 is 0 Å². The summed E-state index contributed by atoms with van der Waals surface area (Å²) in [5, 5.41) is 9.30. The van der Waals surface area contributed by atoms with E-state index in [0.717, 1.165) is 30.9 Å². The molecule has 1 aromatic heterocycles. The van der Waals surface area contributed by atoms with Crippen LogP contribution < -0.4 is 0 Å². The average molecular weight is 258 g/mol. The van der Waals surface area contributed by atoms with E-state index in [1.807, 2.05) is 20.8 Å². The Morgan fingerprint density at radius 3 is 2.68 bits per heavy atom. The molecule has 102 valence electrons. The lowest BCUT2D eigenvalue weighted by atomic mass is 9.95. The molecule has 0 aliphatic carbocycles. The largest absolute Gasteiger partial charge is 0.306 e. The Morgan fingerprint density at radius 2 is 2.16 bits per heavy atom. The third-order valence-corrected chi connectivity index (χ3v) is 3.78. The first-order chi connectivity index (χ1) is 9.01. The van der Waals surface area contributed by atoms with Crippen LogP contribution in [0.25, 0.3) is 0 Å². The van der Waals surface area contributed by atoms with Crippen LogP contribution in [0, 0.1) is 24.2 Å². The van der Waals surface area contributed by atoms with E-state index in [0.29, 0.717) is 11.7 Å². The highest BCUT2D eigenvalue weighted by Crippen LogP contribution is 2.27. The maximum atomic E-state index is 9.30. The van der Waals surface area contributed by atoms with Gasteiger partial charge in [0, 0.05) is 23.9 Å². The van der Waals surface area contributed by atoms with E-state index in [9.17, 15) is 5.26 Å². The summed E-state index contributed by atoms with van der Waals surface area (Å²) in [6.45, 7) is 8.25. The quantitative estimate of drug-likeness (QED) is 0.835. The minimum Gasteiger partial charge on any atom is -0.306 e. The number of hydrogen-bond acceptors (Lipinski definition) is 4. The smallest absolute Gasteiger partial charge is 0.146 e. The Labute approximate surface area is 115 Å². The van der Waals surface area contributed by atoms with Crippen LogP contribution in [0.2, 0.25) is 0 Å². The van der Waals surface area contributed by atoms with Gasteiger partial charge in [0.15, 0.2) is 0 Å². The predicted octanol–water partition coefficient (Wildman–Crippen LogP) is 2.47. The molecule has 0 amide bonds. The Balaban J connectivity index is 2.32. The zero-order valence-corrected chi connectivity index (χ0v) is 12.2. The van der Waals surface area contributed by atoms with Crippen molar-refractivity contribution >= 4 is 0 Å². The first-order valence-electron chi connectivity index (χ1n) is 6.95. The minimum atomic E-state index is -0.210. The first kappa shape index (κ1) is 14.0. The van der Waals surface area contributed by atoms with Crippen LogP contribution in [0.1, 0.15) is 49.3 Å². The van der Waals surface area contributed by atoms with Crippen molar-refractivity contribution in [3.8, 4) is 6.07 Å². The van der Waals surface area contributed by atoms with Crippen molar-refractivity contribution in [2.75, 3.05) is 20.1 Å². The molecule has 2 rings (SSSR count). The summed E-state index contributed by atoms with van der Waals surface area (Å²) in [4.78, 5) is 11.5. The Kier molecular flexibility index (Phi) is 4.16. The summed E-state index contributed by atoms with van der Waals surface area (Å²) >= 11 is 0. The van der Waals surface area contributed by atoms with Crippen molar-refractivity contribution < 1.29 is 0 Å². The molecule has 1 aliphatic rings. The monoisotopic (exact) mass is 258 g/mol. The van der Waals surface area contributed by atoms with Crippen LogP contribution in [-0.2, 0) is 0 Å². The second-order valence-corrected chi connectivity index (χ2v) is 5.89. The normalized spacial score (nSPS) is 21.6. The molecule has 0 aromatic carbocycles. The number of hydrogen-bond donors (Lipinski definition) is 0. The maximum Gasteiger partial charge on any atom is 0.146 e. The van der Waals surface area contributed by atoms with Crippen molar-refractivity contribution in [2.45, 2.75) is 39.0 Å². The molecule has 4 heteroatoms. The third kappa shape index (κ3) is 3.10. The molecule has 4 nitrogen and oxygen atoms in total. The fraction of sp³-hybridized carbons (Fsp3) is 0.667. The van der Waals surface area contributed by atoms with Gasteiger partial charge in [-0.3, -0.25) is 0 Å². The predicted molar refractivity (Wildman–Crippen MR) is 74.8 cm³/mol. The number of nitrogens with zero attached hydrogens (tertiary/aromatic N) is 4. The zero-order valence-electron chi connectivity index (χ0n) is 12.2. The first-order valence-corrected chi connectivity index (χ1v) is 6.95. The molecular formula is C15H22N4. The molecule has 1 aromatic rings. The van der Waals surface area contributed by atoms with Crippen LogP contribution in [0.5, 0.6) is 0 Å². The van der Waals surface area contributed by atoms with Gasteiger partial charge in [-0.25, -0.2) is 9.97 Å². The Bertz CT molecular complexity index is 489. The van der Waals surface area contributed by atoms with Crippen molar-refractivity contribution in [3.63, 3.8) is 0 Å². The van der Waals surface area contributed by atoms with E-state index in [1.165, 1.54) is 0 Å². The fourth-order valence-electron chi connectivity index (χ4n) is 2.65. The molecule has 0 bridgehead atoms. The van der Waals surface area contributed by atoms with Gasteiger partial charge in [0.2, 0.25) is 0 Å². The van der Waals surface area contributed by atoms with Crippen LogP contribution in [0.4, 0.5) is 0 Å². The van der Waals surface area contributed by atoms with E-state index < -0.39 is 0 Å². The molecule has 2 heterocycles. The van der Waals surface area contributed by atoms with Crippen molar-refractivity contribution in [2.24, 2.45) is 5.92 Å². The molecule has 0 radical (unpaired) electrons. The molecule has 1 aliphatic heterocycles. The molecule has 2 atom stereocenters. The van der Waals surface area contributed by atoms with Crippen LogP contribution >= 0.6 is 0 Å². The van der Waals surface area contributed by atoms with Gasteiger partial charge in [-0.15, -0.1) is 0 Å². The highest BCUT2D eigenvalue weighted by atomic mass is 15.1. The average Bonchev–Trinajstić information content (AvgIpc) is 2.75. The lowest BCUT2D eigenvalue weighted by molar-refractivity contribution is 0.410. The van der Waals surface area contributed by atoms with Gasteiger partial charge < -0.3 is 4.90 Å². The number of aryl methyl sites for hydroxylation is 1. The van der Waals surface area contributed by atoms with Crippen molar-refractivity contribution in [3.05, 3.63) is 23.3 Å².